The van der Waals surface area contributed by atoms with Gasteiger partial charge in [-0.15, -0.1) is 0 Å². The predicted molar refractivity (Wildman–Crippen MR) is 35.3 cm³/mol. The number of nitrogens with one attached hydrogen (secondary N) is 1. The predicted octanol–water partition coefficient (Wildman–Crippen LogP) is -1.71. The van der Waals surface area contributed by atoms with Crippen LogP contribution in [-0.4, -0.2) is 30.2 Å². The summed E-state index contributed by atoms with van der Waals surface area (Å²) in [7, 11) is 0. The first-order valence-electron chi connectivity index (χ1n) is 3.48. The third-order valence-electron chi connectivity index (χ3n) is 1.94. The molecule has 0 spiro atoms. The van der Waals surface area contributed by atoms with Crippen LogP contribution in [0.3, 0.4) is 0 Å². The Kier molecular flexibility index (Phi) is 2.24. The smallest absolute Gasteiger partial charge is 0.313 e. The Morgan fingerprint density at radius 3 is 2.80 bits per heavy atom. The number of carbonyl (C=O) groups is 1. The summed E-state index contributed by atoms with van der Waals surface area (Å²) in [5.41, 5.74) is 3.78. The van der Waals surface area contributed by atoms with Gasteiger partial charge in [0, 0.05) is 19.5 Å². The molecule has 0 aromatic carbocycles. The molecule has 0 aromatic rings. The number of rotatable bonds is 1. The Labute approximate surface area is 59.4 Å². The van der Waals surface area contributed by atoms with Crippen molar-refractivity contribution in [2.45, 2.75) is 12.5 Å². The third kappa shape index (κ3) is 1.46. The van der Waals surface area contributed by atoms with Gasteiger partial charge in [-0.3, -0.25) is 4.79 Å². The van der Waals surface area contributed by atoms with Gasteiger partial charge in [-0.25, -0.2) is 0 Å². The monoisotopic (exact) mass is 145 g/mol. The normalized spacial score (nSPS) is 33.7. The molecule has 0 unspecified atom stereocenters. The molecular weight excluding hydrogens is 132 g/mol. The minimum Gasteiger partial charge on any atom is -0.481 e. The number of carboxylic acid groups (broad SMARTS) is 1. The van der Waals surface area contributed by atoms with Crippen LogP contribution in [0.5, 0.6) is 0 Å². The molecule has 5 N–H and O–H groups in total. The zero-order valence-corrected chi connectivity index (χ0v) is 5.84. The summed E-state index contributed by atoms with van der Waals surface area (Å²) in [6, 6.07) is 0.0822. The van der Waals surface area contributed by atoms with Crippen LogP contribution in [0.2, 0.25) is 0 Å². The summed E-state index contributed by atoms with van der Waals surface area (Å²) in [6.07, 6.45) is 0.872. The quantitative estimate of drug-likeness (QED) is 0.411. The first kappa shape index (κ1) is 7.50. The summed E-state index contributed by atoms with van der Waals surface area (Å²) < 4.78 is 0. The molecule has 1 aliphatic rings. The van der Waals surface area contributed by atoms with E-state index in [-0.39, 0.29) is 12.0 Å². The van der Waals surface area contributed by atoms with E-state index in [2.05, 4.69) is 11.1 Å². The highest BCUT2D eigenvalue weighted by molar-refractivity contribution is 5.71. The zero-order valence-electron chi connectivity index (χ0n) is 5.84. The first-order chi connectivity index (χ1) is 4.72. The van der Waals surface area contributed by atoms with Crippen LogP contribution in [0.4, 0.5) is 0 Å². The van der Waals surface area contributed by atoms with Crippen LogP contribution < -0.4 is 11.1 Å². The molecule has 1 saturated heterocycles. The lowest BCUT2D eigenvalue weighted by atomic mass is 9.95. The molecular formula is C6H13N2O2+. The van der Waals surface area contributed by atoms with Crippen LogP contribution >= 0.6 is 0 Å². The largest absolute Gasteiger partial charge is 0.481 e. The molecule has 1 heterocycles. The fraction of sp³-hybridized carbons (Fsp3) is 0.833. The molecule has 0 amide bonds. The molecule has 1 aliphatic heterocycles. The van der Waals surface area contributed by atoms with Crippen LogP contribution in [0.25, 0.3) is 0 Å². The Morgan fingerprint density at radius 2 is 2.40 bits per heavy atom. The second kappa shape index (κ2) is 2.98. The van der Waals surface area contributed by atoms with Crippen molar-refractivity contribution in [1.82, 2.24) is 5.32 Å². The molecule has 58 valence electrons. The molecule has 4 nitrogen and oxygen atoms in total. The van der Waals surface area contributed by atoms with E-state index in [0.29, 0.717) is 6.54 Å². The van der Waals surface area contributed by atoms with Crippen LogP contribution in [0.1, 0.15) is 6.42 Å². The SMILES string of the molecule is [NH3+][C@@H]1CCNC[C@H]1C(=O)O. The van der Waals surface area contributed by atoms with Crippen molar-refractivity contribution in [2.24, 2.45) is 5.92 Å². The van der Waals surface area contributed by atoms with Gasteiger partial charge in [-0.2, -0.15) is 0 Å². The van der Waals surface area contributed by atoms with E-state index >= 15 is 0 Å². The summed E-state index contributed by atoms with van der Waals surface area (Å²) in [5.74, 6) is -1.01. The minimum absolute atomic E-state index is 0.0822. The molecule has 0 aliphatic carbocycles. The number of piperidine rings is 1. The average Bonchev–Trinajstić information content (AvgIpc) is 1.88. The fourth-order valence-electron chi connectivity index (χ4n) is 1.20. The average molecular weight is 145 g/mol. The summed E-state index contributed by atoms with van der Waals surface area (Å²) in [4.78, 5) is 10.5. The molecule has 0 saturated carbocycles. The summed E-state index contributed by atoms with van der Waals surface area (Å²) in [6.45, 7) is 1.47. The van der Waals surface area contributed by atoms with Gasteiger partial charge in [0.15, 0.2) is 0 Å². The molecule has 2 atom stereocenters. The Morgan fingerprint density at radius 1 is 1.70 bits per heavy atom. The molecule has 0 bridgehead atoms. The lowest BCUT2D eigenvalue weighted by Crippen LogP contribution is -2.69. The second-order valence-electron chi connectivity index (χ2n) is 2.70. The van der Waals surface area contributed by atoms with Crippen molar-refractivity contribution in [3.05, 3.63) is 0 Å². The number of quaternary nitrogens is 1. The summed E-state index contributed by atoms with van der Waals surface area (Å²) >= 11 is 0. The van der Waals surface area contributed by atoms with Gasteiger partial charge in [0.25, 0.3) is 0 Å². The van der Waals surface area contributed by atoms with E-state index in [1.807, 2.05) is 0 Å². The van der Waals surface area contributed by atoms with Crippen molar-refractivity contribution in [1.29, 1.82) is 0 Å². The topological polar surface area (TPSA) is 77.0 Å². The highest BCUT2D eigenvalue weighted by atomic mass is 16.4. The molecule has 4 heteroatoms. The molecule has 1 fully saturated rings. The number of hydrogen-bond acceptors (Lipinski definition) is 2. The first-order valence-corrected chi connectivity index (χ1v) is 3.48. The molecule has 1 rings (SSSR count). The summed E-state index contributed by atoms with van der Waals surface area (Å²) in [5, 5.41) is 11.7. The Hall–Kier alpha value is -0.610. The van der Waals surface area contributed by atoms with Gasteiger partial charge in [0.05, 0.1) is 0 Å². The molecule has 0 radical (unpaired) electrons. The van der Waals surface area contributed by atoms with E-state index in [1.54, 1.807) is 0 Å². The van der Waals surface area contributed by atoms with Crippen molar-refractivity contribution in [2.75, 3.05) is 13.1 Å². The highest BCUT2D eigenvalue weighted by Crippen LogP contribution is 2.06. The molecule has 0 aromatic heterocycles. The van der Waals surface area contributed by atoms with Gasteiger partial charge >= 0.3 is 5.97 Å². The zero-order chi connectivity index (χ0) is 7.56. The number of hydrogen-bond donors (Lipinski definition) is 3. The molecule has 10 heavy (non-hydrogen) atoms. The maximum Gasteiger partial charge on any atom is 0.313 e. The second-order valence-corrected chi connectivity index (χ2v) is 2.70. The van der Waals surface area contributed by atoms with Gasteiger partial charge in [-0.1, -0.05) is 0 Å². The Bertz CT molecular complexity index is 138. The maximum absolute atomic E-state index is 10.5. The highest BCUT2D eigenvalue weighted by Gasteiger charge is 2.30. The fourth-order valence-corrected chi connectivity index (χ4v) is 1.20. The van der Waals surface area contributed by atoms with Crippen molar-refractivity contribution >= 4 is 5.97 Å². The van der Waals surface area contributed by atoms with Gasteiger partial charge in [-0.05, 0) is 0 Å². The van der Waals surface area contributed by atoms with E-state index in [4.69, 9.17) is 5.11 Å². The maximum atomic E-state index is 10.5. The van der Waals surface area contributed by atoms with Crippen molar-refractivity contribution < 1.29 is 15.6 Å². The van der Waals surface area contributed by atoms with Crippen molar-refractivity contribution in [3.63, 3.8) is 0 Å². The lowest BCUT2D eigenvalue weighted by molar-refractivity contribution is -0.433. The number of aliphatic carboxylic acids is 1. The van der Waals surface area contributed by atoms with E-state index < -0.39 is 5.97 Å². The van der Waals surface area contributed by atoms with Crippen LogP contribution in [0, 0.1) is 5.92 Å². The van der Waals surface area contributed by atoms with E-state index in [9.17, 15) is 4.79 Å². The van der Waals surface area contributed by atoms with Gasteiger partial charge < -0.3 is 16.2 Å². The minimum atomic E-state index is -0.729. The lowest BCUT2D eigenvalue weighted by Gasteiger charge is -2.22. The van der Waals surface area contributed by atoms with E-state index in [0.717, 1.165) is 13.0 Å². The Balaban J connectivity index is 2.47. The van der Waals surface area contributed by atoms with Gasteiger partial charge in [0.2, 0.25) is 0 Å². The van der Waals surface area contributed by atoms with E-state index in [1.165, 1.54) is 0 Å². The standard InChI is InChI=1S/C6H12N2O2/c7-5-1-2-8-3-4(5)6(9)10/h4-5,8H,1-3,7H2,(H,9,10)/p+1/t4-,5-/m1/s1. The third-order valence-corrected chi connectivity index (χ3v) is 1.94. The van der Waals surface area contributed by atoms with Crippen molar-refractivity contribution in [3.8, 4) is 0 Å². The number of carboxylic acids is 1. The van der Waals surface area contributed by atoms with Gasteiger partial charge in [0.1, 0.15) is 12.0 Å². The van der Waals surface area contributed by atoms with Crippen LogP contribution in [-0.2, 0) is 4.79 Å². The van der Waals surface area contributed by atoms with Crippen LogP contribution in [0.15, 0.2) is 0 Å².